The van der Waals surface area contributed by atoms with Crippen molar-refractivity contribution in [1.29, 1.82) is 0 Å². The lowest BCUT2D eigenvalue weighted by Crippen LogP contribution is -2.26. The zero-order chi connectivity index (χ0) is 14.4. The van der Waals surface area contributed by atoms with Gasteiger partial charge in [-0.2, -0.15) is 8.78 Å². The Bertz CT molecular complexity index is 409. The third-order valence-corrected chi connectivity index (χ3v) is 3.71. The van der Waals surface area contributed by atoms with E-state index < -0.39 is 12.7 Å². The first kappa shape index (κ1) is 15.2. The molecule has 0 bridgehead atoms. The van der Waals surface area contributed by atoms with Crippen molar-refractivity contribution in [3.05, 3.63) is 29.8 Å². The fraction of sp³-hybridized carbons (Fsp3) is 0.600. The maximum absolute atomic E-state index is 12.1. The summed E-state index contributed by atoms with van der Waals surface area (Å²) < 4.78 is 28.6. The second kappa shape index (κ2) is 7.55. The van der Waals surface area contributed by atoms with E-state index in [0.29, 0.717) is 18.0 Å². The van der Waals surface area contributed by atoms with Crippen molar-refractivity contribution >= 4 is 0 Å². The van der Waals surface area contributed by atoms with Crippen LogP contribution in [-0.2, 0) is 0 Å². The van der Waals surface area contributed by atoms with Crippen LogP contribution in [0.3, 0.4) is 0 Å². The summed E-state index contributed by atoms with van der Waals surface area (Å²) in [6.45, 7) is -1.51. The molecule has 1 aliphatic rings. The van der Waals surface area contributed by atoms with Crippen LogP contribution in [0.15, 0.2) is 24.3 Å². The number of halogens is 2. The van der Waals surface area contributed by atoms with Crippen LogP contribution in [-0.4, -0.2) is 24.8 Å². The molecular formula is C15H21F2NO2. The number of alkyl halides is 2. The van der Waals surface area contributed by atoms with Crippen LogP contribution in [0.2, 0.25) is 0 Å². The van der Waals surface area contributed by atoms with Gasteiger partial charge in [0, 0.05) is 6.54 Å². The standard InChI is InChI=1S/C15H21F2NO2/c16-15(17)20-13-7-3-6-12(8-13)14(19)10-18-9-11-4-1-2-5-11/h3,6-8,11,14-15,18-19H,1-2,4-5,9-10H2. The third kappa shape index (κ3) is 4.72. The number of ether oxygens (including phenoxy) is 1. The van der Waals surface area contributed by atoms with E-state index in [-0.39, 0.29) is 5.75 Å². The molecule has 0 radical (unpaired) electrons. The lowest BCUT2D eigenvalue weighted by atomic mass is 10.1. The summed E-state index contributed by atoms with van der Waals surface area (Å²) in [7, 11) is 0. The number of aliphatic hydroxyl groups excluding tert-OH is 1. The molecule has 1 unspecified atom stereocenters. The first-order valence-electron chi connectivity index (χ1n) is 7.08. The Hall–Kier alpha value is -1.20. The molecule has 3 nitrogen and oxygen atoms in total. The van der Waals surface area contributed by atoms with E-state index in [2.05, 4.69) is 10.1 Å². The van der Waals surface area contributed by atoms with Gasteiger partial charge in [-0.25, -0.2) is 0 Å². The van der Waals surface area contributed by atoms with Crippen molar-refractivity contribution in [2.45, 2.75) is 38.4 Å². The van der Waals surface area contributed by atoms with Gasteiger partial charge in [0.1, 0.15) is 5.75 Å². The molecule has 1 aliphatic carbocycles. The maximum Gasteiger partial charge on any atom is 0.387 e. The van der Waals surface area contributed by atoms with Gasteiger partial charge in [-0.1, -0.05) is 25.0 Å². The van der Waals surface area contributed by atoms with Crippen LogP contribution in [0.25, 0.3) is 0 Å². The van der Waals surface area contributed by atoms with Gasteiger partial charge in [-0.3, -0.25) is 0 Å². The predicted octanol–water partition coefficient (Wildman–Crippen LogP) is 3.10. The maximum atomic E-state index is 12.1. The SMILES string of the molecule is OC(CNCC1CCCC1)c1cccc(OC(F)F)c1. The molecule has 0 aromatic heterocycles. The number of hydrogen-bond donors (Lipinski definition) is 2. The van der Waals surface area contributed by atoms with Crippen molar-refractivity contribution < 1.29 is 18.6 Å². The number of nitrogens with one attached hydrogen (secondary N) is 1. The van der Waals surface area contributed by atoms with E-state index >= 15 is 0 Å². The Balaban J connectivity index is 1.80. The van der Waals surface area contributed by atoms with Gasteiger partial charge in [0.05, 0.1) is 6.10 Å². The average Bonchev–Trinajstić information content (AvgIpc) is 2.91. The Morgan fingerprint density at radius 3 is 2.75 bits per heavy atom. The summed E-state index contributed by atoms with van der Waals surface area (Å²) >= 11 is 0. The van der Waals surface area contributed by atoms with Crippen molar-refractivity contribution in [3.63, 3.8) is 0 Å². The molecule has 1 aromatic carbocycles. The van der Waals surface area contributed by atoms with E-state index in [1.165, 1.54) is 37.8 Å². The van der Waals surface area contributed by atoms with Crippen LogP contribution in [0.4, 0.5) is 8.78 Å². The summed E-state index contributed by atoms with van der Waals surface area (Å²) in [5.41, 5.74) is 0.585. The van der Waals surface area contributed by atoms with Crippen molar-refractivity contribution in [2.24, 2.45) is 5.92 Å². The smallest absolute Gasteiger partial charge is 0.387 e. The minimum Gasteiger partial charge on any atom is -0.435 e. The van der Waals surface area contributed by atoms with Crippen LogP contribution in [0.1, 0.15) is 37.4 Å². The van der Waals surface area contributed by atoms with Crippen LogP contribution in [0.5, 0.6) is 5.75 Å². The second-order valence-electron chi connectivity index (χ2n) is 5.28. The molecule has 0 heterocycles. The largest absolute Gasteiger partial charge is 0.435 e. The molecular weight excluding hydrogens is 264 g/mol. The molecule has 0 aliphatic heterocycles. The molecule has 112 valence electrons. The Morgan fingerprint density at radius 2 is 2.05 bits per heavy atom. The van der Waals surface area contributed by atoms with E-state index in [0.717, 1.165) is 6.54 Å². The second-order valence-corrected chi connectivity index (χ2v) is 5.28. The summed E-state index contributed by atoms with van der Waals surface area (Å²) in [6, 6.07) is 6.22. The number of rotatable bonds is 7. The fourth-order valence-corrected chi connectivity index (χ4v) is 2.65. The van der Waals surface area contributed by atoms with Crippen molar-refractivity contribution in [1.82, 2.24) is 5.32 Å². The Morgan fingerprint density at radius 1 is 1.30 bits per heavy atom. The van der Waals surface area contributed by atoms with E-state index in [1.807, 2.05) is 0 Å². The quantitative estimate of drug-likeness (QED) is 0.809. The lowest BCUT2D eigenvalue weighted by Gasteiger charge is -2.15. The minimum atomic E-state index is -2.84. The molecule has 0 amide bonds. The minimum absolute atomic E-state index is 0.0762. The Labute approximate surface area is 117 Å². The van der Waals surface area contributed by atoms with Gasteiger partial charge >= 0.3 is 6.61 Å². The molecule has 0 spiro atoms. The first-order valence-corrected chi connectivity index (χ1v) is 7.08. The van der Waals surface area contributed by atoms with Crippen molar-refractivity contribution in [2.75, 3.05) is 13.1 Å². The van der Waals surface area contributed by atoms with Gasteiger partial charge in [0.25, 0.3) is 0 Å². The van der Waals surface area contributed by atoms with Gasteiger partial charge in [0.15, 0.2) is 0 Å². The molecule has 2 N–H and O–H groups in total. The van der Waals surface area contributed by atoms with Gasteiger partial charge in [-0.15, -0.1) is 0 Å². The highest BCUT2D eigenvalue weighted by atomic mass is 19.3. The highest BCUT2D eigenvalue weighted by molar-refractivity contribution is 5.30. The summed E-state index contributed by atoms with van der Waals surface area (Å²) in [5, 5.41) is 13.3. The van der Waals surface area contributed by atoms with Gasteiger partial charge < -0.3 is 15.2 Å². The van der Waals surface area contributed by atoms with E-state index in [1.54, 1.807) is 12.1 Å². The number of hydrogen-bond acceptors (Lipinski definition) is 3. The molecule has 1 fully saturated rings. The Kier molecular flexibility index (Phi) is 5.73. The molecule has 1 saturated carbocycles. The van der Waals surface area contributed by atoms with Gasteiger partial charge in [-0.05, 0) is 43.0 Å². The molecule has 0 saturated heterocycles. The molecule has 1 aromatic rings. The summed E-state index contributed by atoms with van der Waals surface area (Å²) in [4.78, 5) is 0. The van der Waals surface area contributed by atoms with Crippen LogP contribution < -0.4 is 10.1 Å². The predicted molar refractivity (Wildman–Crippen MR) is 72.9 cm³/mol. The van der Waals surface area contributed by atoms with Crippen LogP contribution >= 0.6 is 0 Å². The topological polar surface area (TPSA) is 41.5 Å². The van der Waals surface area contributed by atoms with Crippen LogP contribution in [0, 0.1) is 5.92 Å². The molecule has 1 atom stereocenters. The monoisotopic (exact) mass is 285 g/mol. The van der Waals surface area contributed by atoms with E-state index in [4.69, 9.17) is 0 Å². The highest BCUT2D eigenvalue weighted by Crippen LogP contribution is 2.24. The molecule has 2 rings (SSSR count). The summed E-state index contributed by atoms with van der Waals surface area (Å²) in [5.74, 6) is 0.781. The highest BCUT2D eigenvalue weighted by Gasteiger charge is 2.15. The van der Waals surface area contributed by atoms with E-state index in [9.17, 15) is 13.9 Å². The number of benzene rings is 1. The lowest BCUT2D eigenvalue weighted by molar-refractivity contribution is -0.0499. The fourth-order valence-electron chi connectivity index (χ4n) is 2.65. The zero-order valence-corrected chi connectivity index (χ0v) is 11.4. The third-order valence-electron chi connectivity index (χ3n) is 3.71. The zero-order valence-electron chi connectivity index (χ0n) is 11.4. The normalized spacial score (nSPS) is 17.6. The van der Waals surface area contributed by atoms with Gasteiger partial charge in [0.2, 0.25) is 0 Å². The molecule has 5 heteroatoms. The molecule has 20 heavy (non-hydrogen) atoms. The summed E-state index contributed by atoms with van der Waals surface area (Å²) in [6.07, 6.45) is 4.38. The average molecular weight is 285 g/mol. The number of aliphatic hydroxyl groups is 1. The first-order chi connectivity index (χ1) is 9.65. The van der Waals surface area contributed by atoms with Crippen molar-refractivity contribution in [3.8, 4) is 5.75 Å².